The Balaban J connectivity index is 1.80. The van der Waals surface area contributed by atoms with Gasteiger partial charge in [0.15, 0.2) is 6.61 Å². The highest BCUT2D eigenvalue weighted by atomic mass is 32.2. The lowest BCUT2D eigenvalue weighted by atomic mass is 10.2. The fraction of sp³-hybridized carbons (Fsp3) is 0.588. The van der Waals surface area contributed by atoms with Crippen LogP contribution >= 0.6 is 0 Å². The summed E-state index contributed by atoms with van der Waals surface area (Å²) >= 11 is 0. The van der Waals surface area contributed by atoms with E-state index in [-0.39, 0.29) is 29.6 Å². The van der Waals surface area contributed by atoms with Crippen molar-refractivity contribution < 1.29 is 22.7 Å². The maximum Gasteiger partial charge on any atom is 0.258 e. The van der Waals surface area contributed by atoms with E-state index in [4.69, 9.17) is 9.47 Å². The van der Waals surface area contributed by atoms with Gasteiger partial charge >= 0.3 is 0 Å². The topological polar surface area (TPSA) is 93.7 Å². The Morgan fingerprint density at radius 1 is 1.36 bits per heavy atom. The maximum atomic E-state index is 12.2. The van der Waals surface area contributed by atoms with Crippen LogP contribution in [0.15, 0.2) is 29.2 Å². The number of hydrogen-bond acceptors (Lipinski definition) is 5. The predicted molar refractivity (Wildman–Crippen MR) is 94.0 cm³/mol. The molecule has 0 spiro atoms. The van der Waals surface area contributed by atoms with Gasteiger partial charge in [0, 0.05) is 19.2 Å². The first-order chi connectivity index (χ1) is 11.9. The summed E-state index contributed by atoms with van der Waals surface area (Å²) in [5.74, 6) is 0.209. The van der Waals surface area contributed by atoms with E-state index >= 15 is 0 Å². The highest BCUT2D eigenvalue weighted by Gasteiger charge is 2.17. The summed E-state index contributed by atoms with van der Waals surface area (Å²) < 4.78 is 37.7. The zero-order valence-electron chi connectivity index (χ0n) is 14.7. The second-order valence-corrected chi connectivity index (χ2v) is 7.84. The summed E-state index contributed by atoms with van der Waals surface area (Å²) in [7, 11) is -3.54. The number of ether oxygens (including phenoxy) is 2. The fourth-order valence-electron chi connectivity index (χ4n) is 2.36. The van der Waals surface area contributed by atoms with Crippen LogP contribution in [0.1, 0.15) is 33.1 Å². The van der Waals surface area contributed by atoms with E-state index in [1.165, 1.54) is 12.1 Å². The predicted octanol–water partition coefficient (Wildman–Crippen LogP) is 1.44. The van der Waals surface area contributed by atoms with Gasteiger partial charge in [-0.15, -0.1) is 0 Å². The Labute approximate surface area is 149 Å². The van der Waals surface area contributed by atoms with Crippen molar-refractivity contribution in [3.05, 3.63) is 24.3 Å². The average molecular weight is 370 g/mol. The summed E-state index contributed by atoms with van der Waals surface area (Å²) in [6.07, 6.45) is 2.79. The van der Waals surface area contributed by atoms with Crippen LogP contribution in [-0.2, 0) is 19.6 Å². The average Bonchev–Trinajstić information content (AvgIpc) is 3.11. The Hall–Kier alpha value is -1.64. The molecule has 1 saturated heterocycles. The van der Waals surface area contributed by atoms with Crippen molar-refractivity contribution in [2.75, 3.05) is 19.8 Å². The van der Waals surface area contributed by atoms with Crippen LogP contribution in [0.2, 0.25) is 0 Å². The van der Waals surface area contributed by atoms with Crippen LogP contribution in [0.4, 0.5) is 0 Å². The molecule has 2 N–H and O–H groups in total. The van der Waals surface area contributed by atoms with Gasteiger partial charge in [0.05, 0.1) is 11.0 Å². The molecular formula is C17H26N2O5S. The summed E-state index contributed by atoms with van der Waals surface area (Å²) in [5, 5.41) is 2.76. The van der Waals surface area contributed by atoms with Crippen molar-refractivity contribution in [2.24, 2.45) is 0 Å². The maximum absolute atomic E-state index is 12.2. The number of hydrogen-bond donors (Lipinski definition) is 2. The van der Waals surface area contributed by atoms with Crippen molar-refractivity contribution in [3.8, 4) is 5.75 Å². The molecule has 25 heavy (non-hydrogen) atoms. The van der Waals surface area contributed by atoms with Gasteiger partial charge in [0.1, 0.15) is 5.75 Å². The van der Waals surface area contributed by atoms with Crippen molar-refractivity contribution in [1.29, 1.82) is 0 Å². The molecule has 2 rings (SSSR count). The molecular weight excluding hydrogens is 344 g/mol. The van der Waals surface area contributed by atoms with Crippen LogP contribution in [0.25, 0.3) is 0 Å². The van der Waals surface area contributed by atoms with Crippen LogP contribution in [-0.4, -0.2) is 46.2 Å². The molecule has 7 nitrogen and oxygen atoms in total. The number of nitrogens with one attached hydrogen (secondary N) is 2. The highest BCUT2D eigenvalue weighted by molar-refractivity contribution is 7.89. The lowest BCUT2D eigenvalue weighted by molar-refractivity contribution is -0.123. The van der Waals surface area contributed by atoms with Crippen molar-refractivity contribution in [2.45, 2.75) is 50.2 Å². The zero-order valence-corrected chi connectivity index (χ0v) is 15.5. The largest absolute Gasteiger partial charge is 0.484 e. The van der Waals surface area contributed by atoms with Gasteiger partial charge in [-0.1, -0.05) is 6.92 Å². The Bertz CT molecular complexity index is 654. The third-order valence-corrected chi connectivity index (χ3v) is 5.63. The molecule has 2 atom stereocenters. The van der Waals surface area contributed by atoms with E-state index in [1.807, 2.05) is 13.8 Å². The smallest absolute Gasteiger partial charge is 0.258 e. The molecule has 0 bridgehead atoms. The highest BCUT2D eigenvalue weighted by Crippen LogP contribution is 2.16. The number of carbonyl (C=O) groups is 1. The lowest BCUT2D eigenvalue weighted by Crippen LogP contribution is -2.35. The SMILES string of the molecule is CC[C@H](C)NS(=O)(=O)c1ccc(OCC(=O)NC[C@@H]2CCCO2)cc1. The van der Waals surface area contributed by atoms with Gasteiger partial charge < -0.3 is 14.8 Å². The molecule has 0 aliphatic carbocycles. The van der Waals surface area contributed by atoms with E-state index < -0.39 is 10.0 Å². The zero-order chi connectivity index (χ0) is 18.3. The number of sulfonamides is 1. The summed E-state index contributed by atoms with van der Waals surface area (Å²) in [5.41, 5.74) is 0. The third kappa shape index (κ3) is 6.30. The van der Waals surface area contributed by atoms with E-state index in [9.17, 15) is 13.2 Å². The molecule has 0 radical (unpaired) electrons. The van der Waals surface area contributed by atoms with Gasteiger partial charge in [0.25, 0.3) is 5.91 Å². The minimum absolute atomic E-state index is 0.0893. The molecule has 1 aliphatic rings. The Morgan fingerprint density at radius 2 is 2.08 bits per heavy atom. The molecule has 1 heterocycles. The van der Waals surface area contributed by atoms with E-state index in [0.29, 0.717) is 18.7 Å². The fourth-order valence-corrected chi connectivity index (χ4v) is 3.69. The van der Waals surface area contributed by atoms with Gasteiger partial charge in [-0.25, -0.2) is 13.1 Å². The normalized spacial score (nSPS) is 18.7. The summed E-state index contributed by atoms with van der Waals surface area (Å²) in [6.45, 7) is 4.83. The molecule has 8 heteroatoms. The van der Waals surface area contributed by atoms with Gasteiger partial charge in [-0.2, -0.15) is 0 Å². The Morgan fingerprint density at radius 3 is 2.68 bits per heavy atom. The number of carbonyl (C=O) groups excluding carboxylic acids is 1. The van der Waals surface area contributed by atoms with Gasteiger partial charge in [0.2, 0.25) is 10.0 Å². The van der Waals surface area contributed by atoms with Gasteiger partial charge in [-0.3, -0.25) is 4.79 Å². The molecule has 140 valence electrons. The third-order valence-electron chi connectivity index (χ3n) is 4.02. The molecule has 0 unspecified atom stereocenters. The van der Waals surface area contributed by atoms with Gasteiger partial charge in [-0.05, 0) is 50.5 Å². The van der Waals surface area contributed by atoms with E-state index in [0.717, 1.165) is 19.4 Å². The van der Waals surface area contributed by atoms with Crippen LogP contribution in [0, 0.1) is 0 Å². The summed E-state index contributed by atoms with van der Waals surface area (Å²) in [4.78, 5) is 11.9. The minimum Gasteiger partial charge on any atom is -0.484 e. The quantitative estimate of drug-likeness (QED) is 0.686. The van der Waals surface area contributed by atoms with Crippen molar-refractivity contribution in [3.63, 3.8) is 0 Å². The molecule has 1 aromatic carbocycles. The summed E-state index contributed by atoms with van der Waals surface area (Å²) in [6, 6.07) is 5.87. The standard InChI is InChI=1S/C17H26N2O5S/c1-3-13(2)19-25(21,22)16-8-6-14(7-9-16)24-12-17(20)18-11-15-5-4-10-23-15/h6-9,13,15,19H,3-5,10-12H2,1-2H3,(H,18,20)/t13-,15-/m0/s1. The molecule has 1 fully saturated rings. The number of rotatable bonds is 9. The van der Waals surface area contributed by atoms with Crippen molar-refractivity contribution >= 4 is 15.9 Å². The molecule has 1 aromatic rings. The first-order valence-electron chi connectivity index (χ1n) is 8.54. The Kier molecular flexibility index (Phi) is 7.22. The molecule has 0 aromatic heterocycles. The van der Waals surface area contributed by atoms with E-state index in [2.05, 4.69) is 10.0 Å². The molecule has 1 amide bonds. The van der Waals surface area contributed by atoms with Crippen molar-refractivity contribution in [1.82, 2.24) is 10.0 Å². The second kappa shape index (κ2) is 9.17. The lowest BCUT2D eigenvalue weighted by Gasteiger charge is -2.13. The second-order valence-electron chi connectivity index (χ2n) is 6.13. The first kappa shape index (κ1) is 19.7. The van der Waals surface area contributed by atoms with E-state index in [1.54, 1.807) is 12.1 Å². The minimum atomic E-state index is -3.54. The van der Waals surface area contributed by atoms with Crippen LogP contribution in [0.5, 0.6) is 5.75 Å². The monoisotopic (exact) mass is 370 g/mol. The van der Waals surface area contributed by atoms with Crippen LogP contribution < -0.4 is 14.8 Å². The van der Waals surface area contributed by atoms with Crippen LogP contribution in [0.3, 0.4) is 0 Å². The molecule has 0 saturated carbocycles. The first-order valence-corrected chi connectivity index (χ1v) is 10.0. The molecule has 1 aliphatic heterocycles. The number of amides is 1. The number of benzene rings is 1.